The minimum atomic E-state index is -2.63. The highest BCUT2D eigenvalue weighted by molar-refractivity contribution is 5.04. The molecule has 0 aliphatic rings. The predicted octanol–water partition coefficient (Wildman–Crippen LogP) is 1.39. The van der Waals surface area contributed by atoms with Gasteiger partial charge in [0.25, 0.3) is 0 Å². The van der Waals surface area contributed by atoms with Gasteiger partial charge >= 0.3 is 0 Å². The molecular weight excluding hydrogens is 86.1 g/mol. The van der Waals surface area contributed by atoms with Crippen LogP contribution in [0.15, 0.2) is 24.4 Å². The summed E-state index contributed by atoms with van der Waals surface area (Å²) in [6, 6.07) is -1.18. The van der Waals surface area contributed by atoms with Crippen molar-refractivity contribution in [3.8, 4) is 0 Å². The number of rotatable bonds is 0. The van der Waals surface area contributed by atoms with Crippen LogP contribution >= 0.6 is 0 Å². The molecule has 0 atom stereocenters. The molecule has 1 heteroatoms. The Bertz CT molecular complexity index is 369. The van der Waals surface area contributed by atoms with Gasteiger partial charge in [0.2, 0.25) is 0 Å². The van der Waals surface area contributed by atoms with E-state index in [0.29, 0.717) is 0 Å². The molecule has 1 nitrogen and oxygen atoms in total. The Balaban J connectivity index is 3.53. The molecule has 0 unspecified atom stereocenters. The lowest BCUT2D eigenvalue weighted by Gasteiger charge is -1.82. The van der Waals surface area contributed by atoms with Gasteiger partial charge in [-0.3, -0.25) is 4.98 Å². The van der Waals surface area contributed by atoms with Gasteiger partial charge in [0, 0.05) is 16.5 Å². The van der Waals surface area contributed by atoms with E-state index in [-0.39, 0.29) is 0 Å². The highest BCUT2D eigenvalue weighted by Crippen LogP contribution is 1.88. The molecule has 0 radical (unpaired) electrons. The zero-order chi connectivity index (χ0) is 11.1. The molecule has 1 aromatic rings. The maximum atomic E-state index is 7.31. The predicted molar refractivity (Wildman–Crippen MR) is 29.0 cm³/mol. The average molecular weight is 100 g/mol. The van der Waals surface area contributed by atoms with E-state index in [1.165, 1.54) is 0 Å². The highest BCUT2D eigenvalue weighted by atomic mass is 14.6. The van der Waals surface area contributed by atoms with Crippen molar-refractivity contribution in [1.29, 1.82) is 0 Å². The second kappa shape index (κ2) is 1.73. The summed E-state index contributed by atoms with van der Waals surface area (Å²) in [5.74, 6) is 0. The molecular formula is C6H7N. The van der Waals surface area contributed by atoms with Gasteiger partial charge in [-0.1, -0.05) is 6.04 Å². The fourth-order valence-electron chi connectivity index (χ4n) is 0.230. The van der Waals surface area contributed by atoms with Crippen molar-refractivity contribution in [3.05, 3.63) is 30.0 Å². The van der Waals surface area contributed by atoms with E-state index in [2.05, 4.69) is 4.98 Å². The largest absolute Gasteiger partial charge is 0.264 e. The summed E-state index contributed by atoms with van der Waals surface area (Å²) < 4.78 is 49.9. The van der Waals surface area contributed by atoms with Crippen LogP contribution in [0.3, 0.4) is 0 Å². The van der Waals surface area contributed by atoms with Gasteiger partial charge in [-0.25, -0.2) is 0 Å². The molecule has 0 saturated carbocycles. The van der Waals surface area contributed by atoms with Gasteiger partial charge in [0.05, 0.1) is 5.48 Å². The maximum absolute atomic E-state index is 7.31. The van der Waals surface area contributed by atoms with Gasteiger partial charge in [0.15, 0.2) is 0 Å². The zero-order valence-electron chi connectivity index (χ0n) is 10.4. The molecule has 0 saturated heterocycles. The molecule has 0 amide bonds. The summed E-state index contributed by atoms with van der Waals surface area (Å²) in [4.78, 5) is 3.27. The Hall–Kier alpha value is -0.850. The number of aromatic nitrogens is 1. The normalized spacial score (nSPS) is 24.9. The standard InChI is InChI=1S/C6H7N/c1-6-3-2-4-7-5-6/h2-5H,1H3/i1D3,2D,3D,4D,5D. The van der Waals surface area contributed by atoms with E-state index < -0.39 is 36.8 Å². The lowest BCUT2D eigenvalue weighted by atomic mass is 10.3. The van der Waals surface area contributed by atoms with Crippen LogP contribution in [0.5, 0.6) is 0 Å². The maximum Gasteiger partial charge on any atom is 0.0843 e. The fraction of sp³-hybridized carbons (Fsp3) is 0.167. The molecule has 0 aliphatic carbocycles. The van der Waals surface area contributed by atoms with E-state index in [0.717, 1.165) is 0 Å². The van der Waals surface area contributed by atoms with Crippen LogP contribution in [0.25, 0.3) is 0 Å². The van der Waals surface area contributed by atoms with E-state index in [4.69, 9.17) is 9.60 Å². The first-order valence-electron chi connectivity index (χ1n) is 5.20. The number of hydrogen-bond donors (Lipinski definition) is 0. The third-order valence-electron chi connectivity index (χ3n) is 0.467. The zero-order valence-corrected chi connectivity index (χ0v) is 3.45. The van der Waals surface area contributed by atoms with Crippen molar-refractivity contribution in [1.82, 2.24) is 4.98 Å². The van der Waals surface area contributed by atoms with Crippen LogP contribution in [0.2, 0.25) is 0 Å². The molecule has 1 aromatic heterocycles. The van der Waals surface area contributed by atoms with Gasteiger partial charge in [-0.15, -0.1) is 0 Å². The van der Waals surface area contributed by atoms with E-state index in [1.807, 2.05) is 0 Å². The van der Waals surface area contributed by atoms with Crippen LogP contribution in [0.4, 0.5) is 0 Å². The van der Waals surface area contributed by atoms with Gasteiger partial charge in [-0.05, 0) is 18.5 Å². The first-order chi connectivity index (χ1) is 6.25. The number of pyridine rings is 1. The molecule has 0 N–H and O–H groups in total. The molecule has 0 spiro atoms. The van der Waals surface area contributed by atoms with Crippen LogP contribution < -0.4 is 0 Å². The quantitative estimate of drug-likeness (QED) is 0.480. The average Bonchev–Trinajstić information content (AvgIpc) is 1.97. The summed E-state index contributed by atoms with van der Waals surface area (Å²) in [5.41, 5.74) is -0.571. The van der Waals surface area contributed by atoms with Crippen molar-refractivity contribution in [2.75, 3.05) is 0 Å². The molecule has 0 aromatic carbocycles. The second-order valence-corrected chi connectivity index (χ2v) is 0.960. The van der Waals surface area contributed by atoms with Crippen molar-refractivity contribution >= 4 is 0 Å². The Morgan fingerprint density at radius 1 is 2.00 bits per heavy atom. The fourth-order valence-corrected chi connectivity index (χ4v) is 0.230. The van der Waals surface area contributed by atoms with Crippen molar-refractivity contribution in [2.24, 2.45) is 0 Å². The first-order valence-corrected chi connectivity index (χ1v) is 1.70. The van der Waals surface area contributed by atoms with Crippen LogP contribution in [0.1, 0.15) is 15.2 Å². The Morgan fingerprint density at radius 3 is 3.86 bits per heavy atom. The van der Waals surface area contributed by atoms with Gasteiger partial charge in [0.1, 0.15) is 0 Å². The number of hydrogen-bond acceptors (Lipinski definition) is 1. The van der Waals surface area contributed by atoms with Crippen molar-refractivity contribution in [2.45, 2.75) is 6.85 Å². The molecule has 1 heterocycles. The molecule has 0 bridgehead atoms. The highest BCUT2D eigenvalue weighted by Gasteiger charge is 1.73. The third-order valence-corrected chi connectivity index (χ3v) is 0.467. The topological polar surface area (TPSA) is 12.9 Å². The SMILES string of the molecule is [2H]c1nc([2H])c(C([2H])([2H])[2H])c([2H])c1[2H]. The van der Waals surface area contributed by atoms with E-state index in [1.54, 1.807) is 0 Å². The summed E-state index contributed by atoms with van der Waals surface area (Å²) in [7, 11) is 0. The summed E-state index contributed by atoms with van der Waals surface area (Å²) in [6.45, 7) is -2.63. The van der Waals surface area contributed by atoms with Gasteiger partial charge in [-0.2, -0.15) is 0 Å². The third kappa shape index (κ3) is 1.000. The molecule has 0 aliphatic heterocycles. The second-order valence-electron chi connectivity index (χ2n) is 0.960. The van der Waals surface area contributed by atoms with E-state index in [9.17, 15) is 0 Å². The molecule has 1 rings (SSSR count). The molecule has 36 valence electrons. The van der Waals surface area contributed by atoms with Crippen LogP contribution in [-0.4, -0.2) is 4.98 Å². The first kappa shape index (κ1) is 0.943. The lowest BCUT2D eigenvalue weighted by molar-refractivity contribution is 1.27. The van der Waals surface area contributed by atoms with Crippen LogP contribution in [0, 0.1) is 6.85 Å². The molecule has 7 heavy (non-hydrogen) atoms. The summed E-state index contributed by atoms with van der Waals surface area (Å²) in [5, 5.41) is 0. The van der Waals surface area contributed by atoms with Crippen molar-refractivity contribution in [3.63, 3.8) is 0 Å². The Morgan fingerprint density at radius 2 is 3.00 bits per heavy atom. The summed E-state index contributed by atoms with van der Waals surface area (Å²) >= 11 is 0. The minimum Gasteiger partial charge on any atom is -0.264 e. The summed E-state index contributed by atoms with van der Waals surface area (Å²) in [6.07, 6.45) is -1.18. The van der Waals surface area contributed by atoms with E-state index >= 15 is 0 Å². The minimum absolute atomic E-state index is 0.548. The Kier molecular flexibility index (Phi) is 0.234. The monoisotopic (exact) mass is 100 g/mol. The number of nitrogens with zero attached hydrogens (tertiary/aromatic N) is 1. The van der Waals surface area contributed by atoms with Gasteiger partial charge < -0.3 is 0 Å². The molecule has 0 fully saturated rings. The smallest absolute Gasteiger partial charge is 0.0843 e. The lowest BCUT2D eigenvalue weighted by Crippen LogP contribution is -1.69. The van der Waals surface area contributed by atoms with Crippen LogP contribution in [-0.2, 0) is 0 Å². The Labute approximate surface area is 52.9 Å². The van der Waals surface area contributed by atoms with Crippen molar-refractivity contribution < 1.29 is 9.60 Å².